The number of fused-ring (bicyclic) bond motifs is 20. The molecule has 0 N–H and O–H groups in total. The summed E-state index contributed by atoms with van der Waals surface area (Å²) >= 11 is 0. The molecule has 0 radical (unpaired) electrons. The van der Waals surface area contributed by atoms with Crippen molar-refractivity contribution >= 4 is 131 Å². The van der Waals surface area contributed by atoms with E-state index in [0.29, 0.717) is 55.2 Å². The summed E-state index contributed by atoms with van der Waals surface area (Å²) in [6.07, 6.45) is 0. The van der Waals surface area contributed by atoms with Gasteiger partial charge in [0, 0.05) is 86.9 Å². The Bertz CT molecular complexity index is 9800. The molecule has 12 nitrogen and oxygen atoms in total. The zero-order valence-electron chi connectivity index (χ0n) is 84.5. The predicted molar refractivity (Wildman–Crippen MR) is 486 cm³/mol. The van der Waals surface area contributed by atoms with Gasteiger partial charge in [-0.05, 0) is 134 Å². The highest BCUT2D eigenvalue weighted by Gasteiger charge is 2.27. The number of para-hydroxylation sites is 2. The fourth-order valence-electron chi connectivity index (χ4n) is 16.3. The van der Waals surface area contributed by atoms with Crippen LogP contribution in [-0.2, 0) is 0 Å². The Morgan fingerprint density at radius 2 is 0.600 bits per heavy atom. The third-order valence-electron chi connectivity index (χ3n) is 21.8. The zero-order valence-corrected chi connectivity index (χ0v) is 62.5. The van der Waals surface area contributed by atoms with E-state index < -0.39 is 142 Å². The lowest BCUT2D eigenvalue weighted by Crippen LogP contribution is -2.06. The third kappa shape index (κ3) is 11.3. The summed E-state index contributed by atoms with van der Waals surface area (Å²) in [5.74, 6) is -0.768. The zero-order chi connectivity index (χ0) is 98.0. The molecule has 8 heterocycles. The van der Waals surface area contributed by atoms with Gasteiger partial charge in [-0.3, -0.25) is 9.13 Å². The van der Waals surface area contributed by atoms with Crippen LogP contribution in [0.15, 0.2) is 405 Å². The minimum Gasteiger partial charge on any atom is -0.456 e. The minimum atomic E-state index is -0.755. The van der Waals surface area contributed by atoms with Gasteiger partial charge in [-0.25, -0.2) is 9.97 Å². The van der Waals surface area contributed by atoms with Crippen LogP contribution in [-0.4, -0.2) is 39.0 Å². The van der Waals surface area contributed by atoms with E-state index >= 15 is 0 Å². The van der Waals surface area contributed by atoms with Crippen LogP contribution in [0.5, 0.6) is 0 Å². The van der Waals surface area contributed by atoms with Crippen LogP contribution < -0.4 is 0 Å². The van der Waals surface area contributed by atoms with Crippen molar-refractivity contribution in [2.45, 2.75) is 0 Å². The van der Waals surface area contributed by atoms with Gasteiger partial charge in [0.15, 0.2) is 34.5 Å². The van der Waals surface area contributed by atoms with Gasteiger partial charge in [0.1, 0.15) is 44.5 Å². The van der Waals surface area contributed by atoms with Gasteiger partial charge < -0.3 is 17.7 Å². The summed E-state index contributed by atoms with van der Waals surface area (Å²) < 4.78 is 227. The van der Waals surface area contributed by atoms with Crippen LogP contribution in [0.4, 0.5) is 0 Å². The number of aromatic nitrogens is 8. The second-order valence-corrected chi connectivity index (χ2v) is 28.6. The Kier molecular flexibility index (Phi) is 11.4. The molecule has 0 spiro atoms. The topological polar surface area (TPSA) is 140 Å². The lowest BCUT2D eigenvalue weighted by molar-refractivity contribution is 0.668. The van der Waals surface area contributed by atoms with Crippen LogP contribution in [0.25, 0.3) is 244 Å². The van der Waals surface area contributed by atoms with Crippen LogP contribution in [0, 0.1) is 0 Å². The Hall–Kier alpha value is -16.4. The van der Waals surface area contributed by atoms with Gasteiger partial charge in [-0.1, -0.05) is 309 Å². The second kappa shape index (κ2) is 27.7. The first-order valence-corrected chi connectivity index (χ1v) is 38.3. The fraction of sp³-hybridized carbons (Fsp3) is 0. The van der Waals surface area contributed by atoms with Crippen molar-refractivity contribution < 1.29 is 47.8 Å². The van der Waals surface area contributed by atoms with E-state index in [1.165, 1.54) is 0 Å². The van der Waals surface area contributed by atoms with Crippen molar-refractivity contribution in [2.24, 2.45) is 0 Å². The fourth-order valence-corrected chi connectivity index (χ4v) is 16.3. The molecule has 0 fully saturated rings. The maximum absolute atomic E-state index is 9.85. The van der Waals surface area contributed by atoms with E-state index in [1.807, 2.05) is 193 Å². The Morgan fingerprint density at radius 1 is 0.217 bits per heavy atom. The summed E-state index contributed by atoms with van der Waals surface area (Å²) in [4.78, 5) is 29.9. The van der Waals surface area contributed by atoms with Crippen molar-refractivity contribution in [1.82, 2.24) is 39.0 Å². The molecule has 12 heteroatoms. The Morgan fingerprint density at radius 3 is 1.08 bits per heavy atom. The van der Waals surface area contributed by atoms with Crippen LogP contribution >= 0.6 is 0 Å². The summed E-state index contributed by atoms with van der Waals surface area (Å²) in [6.45, 7) is 0. The monoisotopic (exact) mass is 1560 g/mol. The molecule has 25 aromatic rings. The van der Waals surface area contributed by atoms with E-state index in [-0.39, 0.29) is 104 Å². The maximum Gasteiger partial charge on any atom is 0.238 e. The van der Waals surface area contributed by atoms with Gasteiger partial charge in [0.25, 0.3) is 0 Å². The molecule has 0 aliphatic carbocycles. The van der Waals surface area contributed by atoms with Crippen LogP contribution in [0.2, 0.25) is 0 Å². The largest absolute Gasteiger partial charge is 0.456 e. The van der Waals surface area contributed by atoms with Crippen molar-refractivity contribution in [3.05, 3.63) is 388 Å². The van der Waals surface area contributed by atoms with Gasteiger partial charge in [-0.2, -0.15) is 19.9 Å². The molecular weight excluding hydrogens is 1470 g/mol. The third-order valence-corrected chi connectivity index (χ3v) is 21.8. The molecule has 0 aliphatic rings. The molecule has 0 saturated carbocycles. The average molecular weight is 1560 g/mol. The molecular formula is C108H64N8O4. The molecule has 17 aromatic carbocycles. The smallest absolute Gasteiger partial charge is 0.238 e. The highest BCUT2D eigenvalue weighted by molar-refractivity contribution is 6.24. The standard InChI is InChI=1S/C57H34N4O2.C51H30N4O2/c1-4-14-35(15-5-1)38-20-12-21-40(32-38)55-58-56(41-27-29-47-51(34-41)62-50-25-13-23-42(52(47)50)37-18-8-3-9-19-37)60-57(59-55)61-48-33-39(36-16-6-2-7-17-36)26-28-43(48)45-30-31-46-44-22-10-11-24-49(44)63-54(46)53(45)61;1-4-13-31(14-5-1)34-23-25-37-39-27-28-40-38-19-10-11-21-43(38)57-48(40)47(39)55(42(37)29-34)51-53-49(33-17-8-3-9-18-33)52-50(54-51)35-24-26-41-45(30-35)56-44-22-12-20-36(46(41)44)32-15-6-2-7-16-32/h1-34H;1-30H/i13D,23D,25D,27D,29D,34D;2D,3D,6D,7D,8D,9D,12D,15D,16D,17D,18D,20D,22D,24D,26D,30D. The van der Waals surface area contributed by atoms with Crippen molar-refractivity contribution in [1.29, 1.82) is 0 Å². The number of hydrogen-bond acceptors (Lipinski definition) is 10. The summed E-state index contributed by atoms with van der Waals surface area (Å²) in [6, 6.07) is 68.8. The molecule has 560 valence electrons. The van der Waals surface area contributed by atoms with Gasteiger partial charge in [0.05, 0.1) is 41.2 Å². The first kappa shape index (κ1) is 49.4. The highest BCUT2D eigenvalue weighted by Crippen LogP contribution is 2.47. The molecule has 25 rings (SSSR count). The molecule has 0 aliphatic heterocycles. The number of rotatable bonds is 11. The number of nitrogens with zero attached hydrogens (tertiary/aromatic N) is 8. The molecule has 0 unspecified atom stereocenters. The lowest BCUT2D eigenvalue weighted by atomic mass is 9.99. The molecule has 0 atom stereocenters. The second-order valence-electron chi connectivity index (χ2n) is 28.6. The van der Waals surface area contributed by atoms with E-state index in [2.05, 4.69) is 47.4 Å². The molecule has 120 heavy (non-hydrogen) atoms. The van der Waals surface area contributed by atoms with Crippen molar-refractivity contribution in [3.63, 3.8) is 0 Å². The van der Waals surface area contributed by atoms with Crippen molar-refractivity contribution in [3.8, 4) is 113 Å². The Labute approximate surface area is 716 Å². The summed E-state index contributed by atoms with van der Waals surface area (Å²) in [7, 11) is 0. The van der Waals surface area contributed by atoms with Gasteiger partial charge in [-0.15, -0.1) is 0 Å². The van der Waals surface area contributed by atoms with E-state index in [4.69, 9.17) is 64.5 Å². The average Bonchev–Trinajstić information content (AvgIpc) is 1.52. The maximum atomic E-state index is 9.85. The first-order valence-electron chi connectivity index (χ1n) is 49.3. The number of furan rings is 4. The molecule has 0 amide bonds. The summed E-state index contributed by atoms with van der Waals surface area (Å²) in [5, 5.41) is 6.27. The van der Waals surface area contributed by atoms with Gasteiger partial charge >= 0.3 is 0 Å². The molecule has 0 bridgehead atoms. The number of benzene rings is 17. The molecule has 8 aromatic heterocycles. The molecule has 0 saturated heterocycles. The Balaban J connectivity index is 0.000000154. The minimum absolute atomic E-state index is 0.0475. The van der Waals surface area contributed by atoms with E-state index in [9.17, 15) is 8.22 Å². The predicted octanol–water partition coefficient (Wildman–Crippen LogP) is 28.5. The first-order chi connectivity index (χ1) is 68.6. The number of hydrogen-bond donors (Lipinski definition) is 0. The van der Waals surface area contributed by atoms with E-state index in [0.717, 1.165) is 76.8 Å². The van der Waals surface area contributed by atoms with Crippen molar-refractivity contribution in [2.75, 3.05) is 0 Å². The van der Waals surface area contributed by atoms with Crippen LogP contribution in [0.3, 0.4) is 0 Å². The lowest BCUT2D eigenvalue weighted by Gasteiger charge is -2.12. The highest BCUT2D eigenvalue weighted by atomic mass is 16.3. The quantitative estimate of drug-likeness (QED) is 0.123. The summed E-state index contributed by atoms with van der Waals surface area (Å²) in [5.41, 5.74) is 8.83. The van der Waals surface area contributed by atoms with Crippen LogP contribution in [0.1, 0.15) is 30.2 Å². The SMILES string of the molecule is [2H]c1c([2H])c(-c2ccccc2)c2c(oc3c([2H])c(-c4nc(-c5cccc(-c6ccccc6)c5)nc(-n5c6cc(-c7ccccc7)ccc6c6ccc7c8ccccc8oc7c65)n4)c([2H])c([2H])c32)c1[2H].[2H]c1c([2H])c([2H])c(-c2nc(-c3c([2H])c([2H])c4c(oc5c([2H])c([2H])c([2H])c(-c6c([2H])c([2H])c([2H])c([2H])c6[2H])c54)c3[2H])nc(-n3c4cc(-c5ccccc5)ccc4c4ccc5c6ccccc6oc5c43)n2)c([2H])c1[2H]. The van der Waals surface area contributed by atoms with E-state index in [1.54, 1.807) is 28.8 Å². The normalized spacial score (nSPS) is 14.4. The van der Waals surface area contributed by atoms with Gasteiger partial charge in [0.2, 0.25) is 11.9 Å².